The highest BCUT2D eigenvalue weighted by Crippen LogP contribution is 2.01. The van der Waals surface area contributed by atoms with E-state index in [9.17, 15) is 0 Å². The number of ether oxygens (including phenoxy) is 1. The molecule has 0 rings (SSSR count). The summed E-state index contributed by atoms with van der Waals surface area (Å²) in [5, 5.41) is 3.32. The molecule has 0 radical (unpaired) electrons. The van der Waals surface area contributed by atoms with E-state index in [0.29, 0.717) is 6.04 Å². The van der Waals surface area contributed by atoms with Crippen molar-refractivity contribution in [2.24, 2.45) is 0 Å². The van der Waals surface area contributed by atoms with Gasteiger partial charge in [-0.1, -0.05) is 13.0 Å². The van der Waals surface area contributed by atoms with E-state index in [4.69, 9.17) is 4.74 Å². The van der Waals surface area contributed by atoms with Gasteiger partial charge in [-0.25, -0.2) is 0 Å². The van der Waals surface area contributed by atoms with Gasteiger partial charge in [0.2, 0.25) is 0 Å². The van der Waals surface area contributed by atoms with Crippen LogP contribution in [0.25, 0.3) is 0 Å². The zero-order chi connectivity index (χ0) is 11.5. The quantitative estimate of drug-likeness (QED) is 0.441. The highest BCUT2D eigenvalue weighted by Gasteiger charge is 2.10. The molecule has 0 amide bonds. The molecule has 0 aromatic heterocycles. The molecule has 90 valence electrons. The highest BCUT2D eigenvalue weighted by molar-refractivity contribution is 4.72. The number of rotatable bonds is 10. The monoisotopic (exact) mass is 214 g/mol. The summed E-state index contributed by atoms with van der Waals surface area (Å²) in [5.41, 5.74) is 0. The van der Waals surface area contributed by atoms with Gasteiger partial charge in [0, 0.05) is 39.3 Å². The van der Waals surface area contributed by atoms with Gasteiger partial charge in [0.15, 0.2) is 0 Å². The largest absolute Gasteiger partial charge is 0.383 e. The van der Waals surface area contributed by atoms with E-state index >= 15 is 0 Å². The Hall–Kier alpha value is -0.380. The van der Waals surface area contributed by atoms with Crippen molar-refractivity contribution in [3.8, 4) is 0 Å². The zero-order valence-electron chi connectivity index (χ0n) is 10.5. The van der Waals surface area contributed by atoms with Crippen LogP contribution >= 0.6 is 0 Å². The average molecular weight is 214 g/mol. The van der Waals surface area contributed by atoms with Crippen LogP contribution < -0.4 is 5.32 Å². The lowest BCUT2D eigenvalue weighted by molar-refractivity contribution is 0.124. The SMILES string of the molecule is C=CCNCCN(CCOC)C(C)CC. The Labute approximate surface area is 94.5 Å². The molecule has 0 spiro atoms. The molecule has 3 heteroatoms. The van der Waals surface area contributed by atoms with Crippen molar-refractivity contribution in [3.05, 3.63) is 12.7 Å². The first-order valence-corrected chi connectivity index (χ1v) is 5.80. The fourth-order valence-electron chi connectivity index (χ4n) is 1.45. The van der Waals surface area contributed by atoms with Gasteiger partial charge in [0.1, 0.15) is 0 Å². The van der Waals surface area contributed by atoms with Gasteiger partial charge >= 0.3 is 0 Å². The predicted octanol–water partition coefficient (Wildman–Crippen LogP) is 1.51. The summed E-state index contributed by atoms with van der Waals surface area (Å²) in [6, 6.07) is 0.630. The standard InChI is InChI=1S/C12H26N2O/c1-5-7-13-8-9-14(10-11-15-4)12(3)6-2/h5,12-13H,1,6-11H2,2-4H3. The van der Waals surface area contributed by atoms with Gasteiger partial charge in [-0.15, -0.1) is 6.58 Å². The van der Waals surface area contributed by atoms with Crippen molar-refractivity contribution < 1.29 is 4.74 Å². The maximum Gasteiger partial charge on any atom is 0.0589 e. The second-order valence-corrected chi connectivity index (χ2v) is 3.78. The van der Waals surface area contributed by atoms with Crippen LogP contribution in [0, 0.1) is 0 Å². The molecule has 1 unspecified atom stereocenters. The lowest BCUT2D eigenvalue weighted by atomic mass is 10.2. The molecular weight excluding hydrogens is 188 g/mol. The van der Waals surface area contributed by atoms with Gasteiger partial charge < -0.3 is 10.1 Å². The number of hydrogen-bond acceptors (Lipinski definition) is 3. The van der Waals surface area contributed by atoms with E-state index in [-0.39, 0.29) is 0 Å². The Kier molecular flexibility index (Phi) is 9.89. The minimum absolute atomic E-state index is 0.630. The molecule has 0 saturated heterocycles. The molecule has 0 aromatic carbocycles. The summed E-state index contributed by atoms with van der Waals surface area (Å²) in [4.78, 5) is 2.46. The van der Waals surface area contributed by atoms with Crippen LogP contribution in [-0.2, 0) is 4.74 Å². The molecule has 1 atom stereocenters. The third-order valence-electron chi connectivity index (χ3n) is 2.66. The van der Waals surface area contributed by atoms with Gasteiger partial charge in [0.05, 0.1) is 6.61 Å². The highest BCUT2D eigenvalue weighted by atomic mass is 16.5. The van der Waals surface area contributed by atoms with Gasteiger partial charge in [-0.3, -0.25) is 4.90 Å². The smallest absolute Gasteiger partial charge is 0.0589 e. The molecule has 0 heterocycles. The summed E-state index contributed by atoms with van der Waals surface area (Å²) in [7, 11) is 1.75. The van der Waals surface area contributed by atoms with E-state index in [2.05, 4.69) is 30.6 Å². The summed E-state index contributed by atoms with van der Waals surface area (Å²) in [5.74, 6) is 0. The summed E-state index contributed by atoms with van der Waals surface area (Å²) >= 11 is 0. The van der Waals surface area contributed by atoms with Crippen LogP contribution in [0.1, 0.15) is 20.3 Å². The second-order valence-electron chi connectivity index (χ2n) is 3.78. The summed E-state index contributed by atoms with van der Waals surface area (Å²) in [6.07, 6.45) is 3.08. The van der Waals surface area contributed by atoms with Crippen molar-refractivity contribution >= 4 is 0 Å². The van der Waals surface area contributed by atoms with Crippen molar-refractivity contribution in [1.82, 2.24) is 10.2 Å². The minimum Gasteiger partial charge on any atom is -0.383 e. The van der Waals surface area contributed by atoms with E-state index < -0.39 is 0 Å². The first-order valence-electron chi connectivity index (χ1n) is 5.80. The molecule has 1 N–H and O–H groups in total. The Morgan fingerprint density at radius 2 is 2.20 bits per heavy atom. The molecular formula is C12H26N2O. The van der Waals surface area contributed by atoms with Crippen LogP contribution in [0.3, 0.4) is 0 Å². The molecule has 0 aromatic rings. The van der Waals surface area contributed by atoms with Gasteiger partial charge in [-0.2, -0.15) is 0 Å². The van der Waals surface area contributed by atoms with E-state index in [1.54, 1.807) is 7.11 Å². The number of nitrogens with zero attached hydrogens (tertiary/aromatic N) is 1. The number of methoxy groups -OCH3 is 1. The first kappa shape index (κ1) is 14.6. The van der Waals surface area contributed by atoms with Crippen molar-refractivity contribution in [2.75, 3.05) is 39.9 Å². The van der Waals surface area contributed by atoms with Gasteiger partial charge in [-0.05, 0) is 13.3 Å². The first-order chi connectivity index (χ1) is 7.26. The zero-order valence-corrected chi connectivity index (χ0v) is 10.5. The Balaban J connectivity index is 3.73. The molecule has 3 nitrogen and oxygen atoms in total. The van der Waals surface area contributed by atoms with Gasteiger partial charge in [0.25, 0.3) is 0 Å². The molecule has 0 aliphatic rings. The fourth-order valence-corrected chi connectivity index (χ4v) is 1.45. The van der Waals surface area contributed by atoms with E-state index in [0.717, 1.165) is 32.8 Å². The van der Waals surface area contributed by atoms with E-state index in [1.807, 2.05) is 6.08 Å². The molecule has 0 bridgehead atoms. The van der Waals surface area contributed by atoms with Crippen molar-refractivity contribution in [3.63, 3.8) is 0 Å². The van der Waals surface area contributed by atoms with E-state index in [1.165, 1.54) is 6.42 Å². The third-order valence-corrected chi connectivity index (χ3v) is 2.66. The van der Waals surface area contributed by atoms with Crippen LogP contribution in [0.4, 0.5) is 0 Å². The fraction of sp³-hybridized carbons (Fsp3) is 0.833. The maximum absolute atomic E-state index is 5.12. The minimum atomic E-state index is 0.630. The number of hydrogen-bond donors (Lipinski definition) is 1. The van der Waals surface area contributed by atoms with Crippen LogP contribution in [-0.4, -0.2) is 50.8 Å². The molecule has 0 fully saturated rings. The average Bonchev–Trinajstić information content (AvgIpc) is 2.27. The normalized spacial score (nSPS) is 13.1. The molecule has 0 aliphatic carbocycles. The lowest BCUT2D eigenvalue weighted by Gasteiger charge is -2.28. The lowest BCUT2D eigenvalue weighted by Crippen LogP contribution is -2.40. The summed E-state index contributed by atoms with van der Waals surface area (Å²) in [6.45, 7) is 13.0. The topological polar surface area (TPSA) is 24.5 Å². The Morgan fingerprint density at radius 3 is 2.73 bits per heavy atom. The van der Waals surface area contributed by atoms with Crippen molar-refractivity contribution in [1.29, 1.82) is 0 Å². The van der Waals surface area contributed by atoms with Crippen LogP contribution in [0.5, 0.6) is 0 Å². The molecule has 15 heavy (non-hydrogen) atoms. The van der Waals surface area contributed by atoms with Crippen LogP contribution in [0.2, 0.25) is 0 Å². The third kappa shape index (κ3) is 7.54. The Morgan fingerprint density at radius 1 is 1.47 bits per heavy atom. The maximum atomic E-state index is 5.12. The molecule has 0 saturated carbocycles. The van der Waals surface area contributed by atoms with Crippen LogP contribution in [0.15, 0.2) is 12.7 Å². The van der Waals surface area contributed by atoms with Crippen molar-refractivity contribution in [2.45, 2.75) is 26.3 Å². The predicted molar refractivity (Wildman–Crippen MR) is 66.3 cm³/mol. The molecule has 0 aliphatic heterocycles. The summed E-state index contributed by atoms with van der Waals surface area (Å²) < 4.78 is 5.12. The number of nitrogens with one attached hydrogen (secondary N) is 1. The second kappa shape index (κ2) is 10.1. The Bertz CT molecular complexity index is 151.